The highest BCUT2D eigenvalue weighted by Gasteiger charge is 2.61. The molecular weight excluding hydrogens is 562 g/mol. The van der Waals surface area contributed by atoms with Crippen LogP contribution in [0.4, 0.5) is 0 Å². The molecule has 15 heteroatoms. The van der Waals surface area contributed by atoms with Crippen LogP contribution in [0.3, 0.4) is 0 Å². The number of hydrogen-bond donors (Lipinski definition) is 12. The van der Waals surface area contributed by atoms with Gasteiger partial charge in [0, 0.05) is 5.57 Å². The van der Waals surface area contributed by atoms with Gasteiger partial charge in [-0.05, 0) is 29.8 Å². The van der Waals surface area contributed by atoms with Crippen LogP contribution in [0.2, 0.25) is 0 Å². The Bertz CT molecular complexity index is 1350. The molecule has 1 aromatic rings. The van der Waals surface area contributed by atoms with Gasteiger partial charge in [0.2, 0.25) is 5.78 Å². The zero-order valence-electron chi connectivity index (χ0n) is 21.7. The fourth-order valence-corrected chi connectivity index (χ4v) is 5.07. The Morgan fingerprint density at radius 2 is 1.57 bits per heavy atom. The Hall–Kier alpha value is -3.64. The number of benzene rings is 1. The number of allylic oxidation sites excluding steroid dienone is 2. The Kier molecular flexibility index (Phi) is 8.89. The zero-order valence-corrected chi connectivity index (χ0v) is 21.7. The number of carbonyl (C=O) groups excluding carboxylic acids is 2. The minimum atomic E-state index is -3.32. The molecule has 42 heavy (non-hydrogen) atoms. The lowest BCUT2D eigenvalue weighted by Crippen LogP contribution is -2.69. The predicted molar refractivity (Wildman–Crippen MR) is 139 cm³/mol. The smallest absolute Gasteiger partial charge is 0.209 e. The lowest BCUT2D eigenvalue weighted by atomic mass is 9.70. The number of ketones is 2. The molecule has 0 aromatic heterocycles. The summed E-state index contributed by atoms with van der Waals surface area (Å²) in [7, 11) is 0. The van der Waals surface area contributed by atoms with Gasteiger partial charge in [-0.3, -0.25) is 9.59 Å². The lowest BCUT2D eigenvalue weighted by Gasteiger charge is -2.47. The largest absolute Gasteiger partial charge is 0.508 e. The van der Waals surface area contributed by atoms with E-state index in [-0.39, 0.29) is 5.75 Å². The molecule has 0 radical (unpaired) electrons. The third kappa shape index (κ3) is 5.22. The first-order valence-corrected chi connectivity index (χ1v) is 12.7. The maximum atomic E-state index is 13.9. The molecule has 1 aromatic carbocycles. The fourth-order valence-electron chi connectivity index (χ4n) is 5.07. The number of carbonyl (C=O) groups is 2. The number of phenolic OH excluding ortho intramolecular Hbond substituents is 1. The van der Waals surface area contributed by atoms with Gasteiger partial charge in [-0.15, -0.1) is 0 Å². The van der Waals surface area contributed by atoms with E-state index < -0.39 is 108 Å². The van der Waals surface area contributed by atoms with Crippen molar-refractivity contribution < 1.29 is 70.5 Å². The van der Waals surface area contributed by atoms with Crippen LogP contribution in [-0.2, 0) is 14.3 Å². The van der Waals surface area contributed by atoms with Gasteiger partial charge in [0.25, 0.3) is 0 Å². The average molecular weight is 594 g/mol. The Morgan fingerprint density at radius 1 is 0.929 bits per heavy atom. The monoisotopic (exact) mass is 593 g/mol. The molecule has 0 saturated carbocycles. The normalized spacial score (nSPS) is 38.0. The maximum Gasteiger partial charge on any atom is 0.209 e. The third-order valence-electron chi connectivity index (χ3n) is 7.47. The van der Waals surface area contributed by atoms with Crippen LogP contribution in [-0.4, -0.2) is 135 Å². The van der Waals surface area contributed by atoms with Gasteiger partial charge in [0.15, 0.2) is 11.4 Å². The van der Waals surface area contributed by atoms with Gasteiger partial charge in [0.1, 0.15) is 65.6 Å². The molecular formula is C27H31NO14. The van der Waals surface area contributed by atoms with Crippen LogP contribution in [0, 0.1) is 0 Å². The number of ether oxygens (including phenoxy) is 1. The molecule has 0 amide bonds. The van der Waals surface area contributed by atoms with E-state index in [0.717, 1.165) is 6.08 Å². The van der Waals surface area contributed by atoms with Crippen molar-refractivity contribution in [3.63, 3.8) is 0 Å². The molecule has 2 heterocycles. The second-order valence-electron chi connectivity index (χ2n) is 10.1. The molecule has 2 aliphatic heterocycles. The van der Waals surface area contributed by atoms with Gasteiger partial charge in [-0.2, -0.15) is 0 Å². The molecule has 2 saturated heterocycles. The molecule has 0 spiro atoms. The highest BCUT2D eigenvalue weighted by molar-refractivity contribution is 6.31. The summed E-state index contributed by atoms with van der Waals surface area (Å²) >= 11 is 0. The molecule has 2 fully saturated rings. The number of nitrogens with one attached hydrogen (secondary N) is 1. The van der Waals surface area contributed by atoms with Crippen LogP contribution in [0.5, 0.6) is 5.75 Å². The standard InChI is InChI=1S/C27H31NO14/c29-8-13-20(35)22(37)18(28-13)19(34)12-7-15(33)17(14(32)6-3-10-1-4-11(31)5-2-10)25(40)27(12,41)26-24(39)23(38)21(36)16(9-30)42-26/h1-7,13,16,20-24,26,28-32,34-39,41H,8-9H2/b6-3+,17-14-,19-18-/t13-,16-,20-,21-,22-,23+,24-,26-,27-/m1/s1. The minimum Gasteiger partial charge on any atom is -0.508 e. The number of rotatable bonds is 6. The number of Topliss-reactive ketones (excluding diaryl/α,β-unsaturated/α-hetero) is 1. The van der Waals surface area contributed by atoms with Crippen molar-refractivity contribution >= 4 is 17.6 Å². The van der Waals surface area contributed by atoms with E-state index >= 15 is 0 Å². The second kappa shape index (κ2) is 11.9. The van der Waals surface area contributed by atoms with E-state index in [4.69, 9.17) is 4.74 Å². The van der Waals surface area contributed by atoms with Crippen molar-refractivity contribution in [3.8, 4) is 5.75 Å². The molecule has 9 atom stereocenters. The van der Waals surface area contributed by atoms with E-state index in [1.54, 1.807) is 0 Å². The summed E-state index contributed by atoms with van der Waals surface area (Å²) in [5.74, 6) is -5.09. The van der Waals surface area contributed by atoms with Crippen molar-refractivity contribution in [3.05, 3.63) is 70.3 Å². The Labute approximate surface area is 237 Å². The summed E-state index contributed by atoms with van der Waals surface area (Å²) in [6.07, 6.45) is -11.2. The number of aliphatic hydroxyl groups excluding tert-OH is 9. The van der Waals surface area contributed by atoms with Crippen LogP contribution < -0.4 is 5.32 Å². The van der Waals surface area contributed by atoms with Crippen LogP contribution in [0.1, 0.15) is 5.56 Å². The first-order valence-electron chi connectivity index (χ1n) is 12.7. The second-order valence-corrected chi connectivity index (χ2v) is 10.1. The molecule has 12 N–H and O–H groups in total. The fraction of sp³-hybridized carbons (Fsp3) is 0.407. The van der Waals surface area contributed by atoms with E-state index in [9.17, 15) is 65.8 Å². The SMILES string of the molecule is O=C1C=C(/C(O)=C2/N[C@H](CO)[C@@H](O)[C@@H]2O)[C@](O)([C@@H]2O[C@H](CO)[C@@H](O)[C@H](O)[C@H]2O)C(=O)/C1=C(O)/C=C/c1ccc(O)cc1. The van der Waals surface area contributed by atoms with Crippen molar-refractivity contribution in [2.45, 2.75) is 54.4 Å². The molecule has 0 bridgehead atoms. The summed E-state index contributed by atoms with van der Waals surface area (Å²) in [4.78, 5) is 27.0. The predicted octanol–water partition coefficient (Wildman–Crippen LogP) is -3.68. The van der Waals surface area contributed by atoms with E-state index in [2.05, 4.69) is 5.32 Å². The summed E-state index contributed by atoms with van der Waals surface area (Å²) in [6, 6.07) is 4.32. The van der Waals surface area contributed by atoms with Crippen molar-refractivity contribution in [1.29, 1.82) is 0 Å². The van der Waals surface area contributed by atoms with Crippen LogP contribution in [0.25, 0.3) is 6.08 Å². The van der Waals surface area contributed by atoms with Crippen LogP contribution in [0.15, 0.2) is 64.8 Å². The molecule has 228 valence electrons. The first-order chi connectivity index (χ1) is 19.8. The molecule has 15 nitrogen and oxygen atoms in total. The maximum absolute atomic E-state index is 13.9. The number of phenols is 1. The summed E-state index contributed by atoms with van der Waals surface area (Å²) in [5.41, 5.74) is -5.57. The number of aromatic hydroxyl groups is 1. The summed E-state index contributed by atoms with van der Waals surface area (Å²) < 4.78 is 5.40. The van der Waals surface area contributed by atoms with Crippen molar-refractivity contribution in [2.75, 3.05) is 13.2 Å². The number of hydrogen-bond acceptors (Lipinski definition) is 15. The molecule has 4 rings (SSSR count). The van der Waals surface area contributed by atoms with Gasteiger partial charge in [0.05, 0.1) is 25.0 Å². The highest BCUT2D eigenvalue weighted by atomic mass is 16.6. The molecule has 1 aliphatic carbocycles. The first kappa shape index (κ1) is 31.3. The summed E-state index contributed by atoms with van der Waals surface area (Å²) in [6.45, 7) is -1.69. The van der Waals surface area contributed by atoms with Gasteiger partial charge >= 0.3 is 0 Å². The minimum absolute atomic E-state index is 0.0525. The Balaban J connectivity index is 1.89. The molecule has 0 unspecified atom stereocenters. The van der Waals surface area contributed by atoms with Gasteiger partial charge in [-0.1, -0.05) is 18.2 Å². The third-order valence-corrected chi connectivity index (χ3v) is 7.47. The zero-order chi connectivity index (χ0) is 31.1. The average Bonchev–Trinajstić information content (AvgIpc) is 3.26. The lowest BCUT2D eigenvalue weighted by molar-refractivity contribution is -0.259. The quantitative estimate of drug-likeness (QED) is 0.0860. The van der Waals surface area contributed by atoms with E-state index in [1.807, 2.05) is 0 Å². The number of aliphatic hydroxyl groups is 10. The molecule has 3 aliphatic rings. The van der Waals surface area contributed by atoms with Crippen LogP contribution >= 0.6 is 0 Å². The highest BCUT2D eigenvalue weighted by Crippen LogP contribution is 2.42. The van der Waals surface area contributed by atoms with E-state index in [0.29, 0.717) is 11.6 Å². The van der Waals surface area contributed by atoms with Crippen molar-refractivity contribution in [2.24, 2.45) is 0 Å². The van der Waals surface area contributed by atoms with E-state index in [1.165, 1.54) is 30.3 Å². The topological polar surface area (TPSA) is 278 Å². The Morgan fingerprint density at radius 3 is 2.14 bits per heavy atom. The van der Waals surface area contributed by atoms with Gasteiger partial charge in [-0.25, -0.2) is 0 Å². The van der Waals surface area contributed by atoms with Gasteiger partial charge < -0.3 is 66.2 Å². The summed E-state index contributed by atoms with van der Waals surface area (Å²) in [5, 5.41) is 117. The van der Waals surface area contributed by atoms with Crippen molar-refractivity contribution in [1.82, 2.24) is 5.32 Å².